The third kappa shape index (κ3) is 12.8. The number of nitrogens with two attached hydrogens (primary N) is 1. The fourth-order valence-corrected chi connectivity index (χ4v) is 5.92. The number of alkyl halides is 3. The Morgan fingerprint density at radius 2 is 1.86 bits per heavy atom. The molecule has 2 aliphatic rings. The normalized spacial score (nSPS) is 14.5. The van der Waals surface area contributed by atoms with E-state index in [1.165, 1.54) is 11.9 Å². The van der Waals surface area contributed by atoms with Gasteiger partial charge < -0.3 is 46.2 Å². The van der Waals surface area contributed by atoms with Crippen LogP contribution in [0.4, 0.5) is 18.9 Å². The van der Waals surface area contributed by atoms with Crippen molar-refractivity contribution in [2.24, 2.45) is 10.7 Å². The standard InChI is InChI=1S/C34H41ClF3N9O6.2C2H6/c1-4-26-29(45(13-11-42-18-48)12-10-24(40)30(50)20(2)39)33(51)47(44-32(41-3)22-6-5-7-27-31(22)53-15-14-52-27)19-46(26)17-28(49)43-25-9-8-21(16-23(25)35)34(36,37)38;2*1-2/h5-9,16,18,32,40,44,50H,3-4,10-15,17,19,39H2,1-2H3,(H,42,48)(H,43,49);2*1-2H3/b30-20+,40-24?;;. The largest absolute Gasteiger partial charge is 0.504 e. The van der Waals surface area contributed by atoms with Crippen molar-refractivity contribution in [1.82, 2.24) is 25.6 Å². The van der Waals surface area contributed by atoms with E-state index in [9.17, 15) is 32.7 Å². The van der Waals surface area contributed by atoms with Crippen molar-refractivity contribution in [1.29, 1.82) is 5.41 Å². The fraction of sp³-hybridized carbons (Fsp3) is 0.447. The lowest BCUT2D eigenvalue weighted by Crippen LogP contribution is -2.57. The molecule has 0 aliphatic carbocycles. The van der Waals surface area contributed by atoms with Gasteiger partial charge in [-0.1, -0.05) is 58.4 Å². The molecule has 2 aromatic carbocycles. The molecule has 19 heteroatoms. The van der Waals surface area contributed by atoms with Gasteiger partial charge in [-0.15, -0.1) is 0 Å². The Morgan fingerprint density at radius 3 is 2.46 bits per heavy atom. The average Bonchev–Trinajstić information content (AvgIpc) is 3.20. The van der Waals surface area contributed by atoms with Crippen LogP contribution in [0.15, 0.2) is 64.2 Å². The molecule has 0 aromatic heterocycles. The number of carbonyl (C=O) groups excluding carboxylic acids is 3. The molecule has 2 aliphatic heterocycles. The summed E-state index contributed by atoms with van der Waals surface area (Å²) in [5, 5.41) is 24.6. The van der Waals surface area contributed by atoms with E-state index < -0.39 is 35.5 Å². The van der Waals surface area contributed by atoms with Crippen LogP contribution in [0.5, 0.6) is 11.5 Å². The Balaban J connectivity index is 0.00000271. The Labute approximate surface area is 336 Å². The Morgan fingerprint density at radius 1 is 1.18 bits per heavy atom. The first kappa shape index (κ1) is 47.7. The zero-order valence-electron chi connectivity index (χ0n) is 33.1. The summed E-state index contributed by atoms with van der Waals surface area (Å²) in [4.78, 5) is 46.6. The Bertz CT molecular complexity index is 1790. The van der Waals surface area contributed by atoms with E-state index in [4.69, 9.17) is 32.2 Å². The van der Waals surface area contributed by atoms with Crippen molar-refractivity contribution in [3.05, 3.63) is 75.4 Å². The number of ether oxygens (including phenoxy) is 2. The number of hydrazine groups is 1. The summed E-state index contributed by atoms with van der Waals surface area (Å²) in [6.07, 6.45) is -4.92. The highest BCUT2D eigenvalue weighted by Gasteiger charge is 2.37. The second-order valence-corrected chi connectivity index (χ2v) is 12.3. The minimum absolute atomic E-state index is 0.0107. The number of nitrogens with one attached hydrogen (secondary N) is 4. The van der Waals surface area contributed by atoms with Crippen LogP contribution in [0.2, 0.25) is 5.02 Å². The number of amides is 3. The number of aliphatic hydroxyl groups is 1. The number of para-hydroxylation sites is 1. The van der Waals surface area contributed by atoms with Crippen LogP contribution in [0.25, 0.3) is 0 Å². The molecule has 4 rings (SSSR count). The van der Waals surface area contributed by atoms with Gasteiger partial charge in [0.15, 0.2) is 17.3 Å². The van der Waals surface area contributed by atoms with Gasteiger partial charge >= 0.3 is 6.18 Å². The minimum Gasteiger partial charge on any atom is -0.504 e. The third-order valence-corrected chi connectivity index (χ3v) is 8.54. The van der Waals surface area contributed by atoms with Gasteiger partial charge in [0.1, 0.15) is 31.7 Å². The molecule has 57 heavy (non-hydrogen) atoms. The molecule has 1 unspecified atom stereocenters. The maximum absolute atomic E-state index is 14.5. The predicted octanol–water partition coefficient (Wildman–Crippen LogP) is 5.95. The van der Waals surface area contributed by atoms with Crippen LogP contribution in [0.1, 0.15) is 71.7 Å². The third-order valence-electron chi connectivity index (χ3n) is 8.22. The molecule has 7 N–H and O–H groups in total. The molecule has 1 atom stereocenters. The van der Waals surface area contributed by atoms with E-state index in [-0.39, 0.29) is 80.1 Å². The number of nitrogens with zero attached hydrogens (tertiary/aromatic N) is 4. The van der Waals surface area contributed by atoms with Crippen LogP contribution in [-0.4, -0.2) is 96.6 Å². The summed E-state index contributed by atoms with van der Waals surface area (Å²) in [7, 11) is 0. The number of fused-ring (bicyclic) bond motifs is 1. The van der Waals surface area contributed by atoms with Crippen molar-refractivity contribution in [3.8, 4) is 11.5 Å². The molecule has 314 valence electrons. The Kier molecular flexibility index (Phi) is 19.2. The first-order valence-corrected chi connectivity index (χ1v) is 18.8. The lowest BCUT2D eigenvalue weighted by molar-refractivity contribution is -0.139. The van der Waals surface area contributed by atoms with E-state index in [2.05, 4.69) is 27.8 Å². The van der Waals surface area contributed by atoms with Crippen LogP contribution in [-0.2, 0) is 20.6 Å². The number of hydrogen-bond acceptors (Lipinski definition) is 12. The van der Waals surface area contributed by atoms with Gasteiger partial charge in [-0.3, -0.25) is 24.4 Å². The molecule has 0 spiro atoms. The SMILES string of the molecule is C=NC(NN1CN(CC(=O)Nc2ccc(C(F)(F)F)cc2Cl)C(CC)=C(N(CCNC=O)CCC(=N)/C(O)=C(/C)N)C1=O)c1cccc2c1OCCO2.CC.CC. The molecule has 0 bridgehead atoms. The van der Waals surface area contributed by atoms with E-state index in [1.807, 2.05) is 27.7 Å². The molecule has 0 fully saturated rings. The molecule has 3 amide bonds. The molecular weight excluding hydrogens is 771 g/mol. The van der Waals surface area contributed by atoms with Crippen molar-refractivity contribution in [3.63, 3.8) is 0 Å². The number of anilines is 1. The zero-order chi connectivity index (χ0) is 42.9. The summed E-state index contributed by atoms with van der Waals surface area (Å²) in [6, 6.07) is 7.74. The first-order valence-electron chi connectivity index (χ1n) is 18.4. The lowest BCUT2D eigenvalue weighted by Gasteiger charge is -2.43. The molecule has 2 aromatic rings. The van der Waals surface area contributed by atoms with Crippen LogP contribution in [0.3, 0.4) is 0 Å². The van der Waals surface area contributed by atoms with Crippen molar-refractivity contribution in [2.75, 3.05) is 51.4 Å². The topological polar surface area (TPSA) is 198 Å². The summed E-state index contributed by atoms with van der Waals surface area (Å²) in [6.45, 7) is 15.1. The zero-order valence-corrected chi connectivity index (χ0v) is 33.8. The first-order chi connectivity index (χ1) is 27.2. The van der Waals surface area contributed by atoms with Gasteiger partial charge in [-0.05, 0) is 44.3 Å². The summed E-state index contributed by atoms with van der Waals surface area (Å²) in [5.41, 5.74) is 8.61. The van der Waals surface area contributed by atoms with E-state index in [0.29, 0.717) is 41.8 Å². The van der Waals surface area contributed by atoms with Gasteiger partial charge in [0.05, 0.1) is 28.5 Å². The lowest BCUT2D eigenvalue weighted by atomic mass is 10.1. The molecular formula is C38H53ClF3N9O6. The van der Waals surface area contributed by atoms with E-state index in [0.717, 1.165) is 12.1 Å². The van der Waals surface area contributed by atoms with Crippen LogP contribution < -0.4 is 31.3 Å². The van der Waals surface area contributed by atoms with Crippen LogP contribution >= 0.6 is 11.6 Å². The monoisotopic (exact) mass is 823 g/mol. The Hall–Kier alpha value is -5.49. The minimum atomic E-state index is -4.64. The van der Waals surface area contributed by atoms with Gasteiger partial charge in [-0.2, -0.15) is 13.2 Å². The molecule has 15 nitrogen and oxygen atoms in total. The van der Waals surface area contributed by atoms with Gasteiger partial charge in [-0.25, -0.2) is 5.43 Å². The van der Waals surface area contributed by atoms with Gasteiger partial charge in [0.2, 0.25) is 12.3 Å². The number of aliphatic hydroxyl groups excluding tert-OH is 1. The second-order valence-electron chi connectivity index (χ2n) is 11.9. The molecule has 0 saturated heterocycles. The van der Waals surface area contributed by atoms with Gasteiger partial charge in [0, 0.05) is 43.0 Å². The number of rotatable bonds is 17. The smallest absolute Gasteiger partial charge is 0.416 e. The fourth-order valence-electron chi connectivity index (χ4n) is 5.70. The summed E-state index contributed by atoms with van der Waals surface area (Å²) >= 11 is 6.11. The van der Waals surface area contributed by atoms with Crippen molar-refractivity contribution in [2.45, 2.75) is 66.7 Å². The number of aliphatic imine (C=N–C) groups is 1. The number of halogens is 4. The van der Waals surface area contributed by atoms with Gasteiger partial charge in [0.25, 0.3) is 5.91 Å². The van der Waals surface area contributed by atoms with E-state index >= 15 is 0 Å². The number of hydrogen-bond donors (Lipinski definition) is 6. The molecule has 0 radical (unpaired) electrons. The average molecular weight is 824 g/mol. The predicted molar refractivity (Wildman–Crippen MR) is 214 cm³/mol. The summed E-state index contributed by atoms with van der Waals surface area (Å²) in [5.74, 6) is -0.726. The second kappa shape index (κ2) is 22.9. The van der Waals surface area contributed by atoms with Crippen molar-refractivity contribution < 1.29 is 42.1 Å². The highest BCUT2D eigenvalue weighted by atomic mass is 35.5. The highest BCUT2D eigenvalue weighted by Crippen LogP contribution is 2.38. The molecule has 0 saturated carbocycles. The number of carbonyl (C=O) groups is 3. The summed E-state index contributed by atoms with van der Waals surface area (Å²) < 4.78 is 51.2. The van der Waals surface area contributed by atoms with E-state index in [1.54, 1.807) is 34.9 Å². The maximum atomic E-state index is 14.5. The number of allylic oxidation sites excluding steroid dienone is 3. The number of benzene rings is 2. The molecule has 2 heterocycles. The quantitative estimate of drug-likeness (QED) is 0.0480. The van der Waals surface area contributed by atoms with Crippen molar-refractivity contribution >= 4 is 47.9 Å². The van der Waals surface area contributed by atoms with Crippen LogP contribution in [0, 0.1) is 5.41 Å². The highest BCUT2D eigenvalue weighted by molar-refractivity contribution is 6.33. The maximum Gasteiger partial charge on any atom is 0.416 e.